The maximum atomic E-state index is 13.0. The van der Waals surface area contributed by atoms with Gasteiger partial charge >= 0.3 is 6.03 Å². The van der Waals surface area contributed by atoms with E-state index in [2.05, 4.69) is 57.1 Å². The van der Waals surface area contributed by atoms with Crippen LogP contribution in [0, 0.1) is 5.41 Å². The Labute approximate surface area is 175 Å². The van der Waals surface area contributed by atoms with Gasteiger partial charge in [-0.3, -0.25) is 9.69 Å². The molecule has 0 aliphatic carbocycles. The number of carbonyl (C=O) groups excluding carboxylic acids is 2. The van der Waals surface area contributed by atoms with Gasteiger partial charge in [-0.15, -0.1) is 11.6 Å². The molecule has 0 saturated carbocycles. The van der Waals surface area contributed by atoms with E-state index in [-0.39, 0.29) is 23.2 Å². The molecule has 1 N–H and O–H groups in total. The molecule has 1 aromatic carbocycles. The van der Waals surface area contributed by atoms with E-state index in [4.69, 9.17) is 11.6 Å². The average molecular weight is 462 g/mol. The molecule has 1 aromatic rings. The third-order valence-electron chi connectivity index (χ3n) is 7.41. The van der Waals surface area contributed by atoms with E-state index in [1.807, 2.05) is 23.2 Å². The lowest BCUT2D eigenvalue weighted by Crippen LogP contribution is -2.81. The first kappa shape index (κ1) is 17.0. The van der Waals surface area contributed by atoms with Crippen molar-refractivity contribution >= 4 is 50.9 Å². The Balaban J connectivity index is 1.77. The zero-order chi connectivity index (χ0) is 19.6. The van der Waals surface area contributed by atoms with Gasteiger partial charge in [-0.1, -0.05) is 35.8 Å². The average Bonchev–Trinajstić information content (AvgIpc) is 3.14. The maximum absolute atomic E-state index is 13.0. The standard InChI is InChI=1S/C20H18BrClN4O2/c1-18(2)14(22)9-19-12-8-16(27)25(19)6-5-15-20(18,24-17(28)23-15)26(19)13-7-10(21)3-4-11(12)13/h3-7,12,14H,8-9H2,1-2H3,(H,24,28)/t12-,14+,19+,20-/m1/s1. The summed E-state index contributed by atoms with van der Waals surface area (Å²) in [6, 6.07) is 5.81. The van der Waals surface area contributed by atoms with Crippen LogP contribution >= 0.6 is 27.5 Å². The molecule has 6 rings (SSSR count). The minimum Gasteiger partial charge on any atom is -0.318 e. The van der Waals surface area contributed by atoms with Gasteiger partial charge in [0.15, 0.2) is 5.66 Å². The van der Waals surface area contributed by atoms with Crippen LogP contribution in [-0.2, 0) is 4.79 Å². The first-order chi connectivity index (χ1) is 13.2. The lowest BCUT2D eigenvalue weighted by Gasteiger charge is -2.63. The van der Waals surface area contributed by atoms with Gasteiger partial charge in [-0.2, -0.15) is 4.99 Å². The van der Waals surface area contributed by atoms with Crippen LogP contribution in [-0.4, -0.2) is 39.3 Å². The molecule has 2 fully saturated rings. The smallest absolute Gasteiger partial charge is 0.318 e. The highest BCUT2D eigenvalue weighted by Crippen LogP contribution is 2.67. The number of rotatable bonds is 0. The molecule has 0 radical (unpaired) electrons. The molecule has 8 heteroatoms. The van der Waals surface area contributed by atoms with Gasteiger partial charge in [0.2, 0.25) is 5.91 Å². The number of fused-ring (bicyclic) bond motifs is 2. The fraction of sp³-hybridized carbons (Fsp3) is 0.450. The number of carbonyl (C=O) groups is 2. The number of alkyl halides is 1. The number of urea groups is 1. The topological polar surface area (TPSA) is 65.0 Å². The number of hydrogen-bond acceptors (Lipinski definition) is 3. The highest BCUT2D eigenvalue weighted by molar-refractivity contribution is 9.10. The first-order valence-electron chi connectivity index (χ1n) is 9.39. The third-order valence-corrected chi connectivity index (χ3v) is 8.60. The fourth-order valence-corrected chi connectivity index (χ4v) is 6.84. The minimum absolute atomic E-state index is 0.0150. The Kier molecular flexibility index (Phi) is 2.93. The van der Waals surface area contributed by atoms with E-state index in [0.29, 0.717) is 18.6 Å². The molecule has 0 aromatic heterocycles. The quantitative estimate of drug-likeness (QED) is 0.599. The van der Waals surface area contributed by atoms with Crippen molar-refractivity contribution in [3.63, 3.8) is 0 Å². The van der Waals surface area contributed by atoms with Gasteiger partial charge < -0.3 is 10.2 Å². The van der Waals surface area contributed by atoms with E-state index in [0.717, 1.165) is 15.7 Å². The van der Waals surface area contributed by atoms with Crippen molar-refractivity contribution in [2.45, 2.75) is 49.3 Å². The van der Waals surface area contributed by atoms with Crippen molar-refractivity contribution in [1.82, 2.24) is 10.2 Å². The van der Waals surface area contributed by atoms with Crippen LogP contribution in [0.5, 0.6) is 0 Å². The monoisotopic (exact) mass is 460 g/mol. The summed E-state index contributed by atoms with van der Waals surface area (Å²) in [6.45, 7) is 4.15. The van der Waals surface area contributed by atoms with Gasteiger partial charge in [0, 0.05) is 45.9 Å². The Morgan fingerprint density at radius 1 is 1.32 bits per heavy atom. The Morgan fingerprint density at radius 3 is 2.89 bits per heavy atom. The molecule has 0 unspecified atom stereocenters. The number of anilines is 1. The Hall–Kier alpha value is -1.86. The third kappa shape index (κ3) is 1.56. The summed E-state index contributed by atoms with van der Waals surface area (Å²) < 4.78 is 0.954. The van der Waals surface area contributed by atoms with Gasteiger partial charge in [0.05, 0.1) is 5.71 Å². The summed E-state index contributed by atoms with van der Waals surface area (Å²) in [5.74, 6) is 0.0595. The molecule has 144 valence electrons. The lowest BCUT2D eigenvalue weighted by molar-refractivity contribution is -0.129. The molecule has 2 spiro atoms. The lowest BCUT2D eigenvalue weighted by atomic mass is 9.65. The largest absolute Gasteiger partial charge is 0.343 e. The second kappa shape index (κ2) is 4.82. The zero-order valence-electron chi connectivity index (χ0n) is 15.4. The molecule has 6 nitrogen and oxygen atoms in total. The van der Waals surface area contributed by atoms with Crippen molar-refractivity contribution < 1.29 is 9.59 Å². The van der Waals surface area contributed by atoms with Gasteiger partial charge in [-0.25, -0.2) is 4.79 Å². The SMILES string of the molecule is CC1(C)[C@@H](Cl)C[C@]23[C@@H]4CC(=O)N2C=CC2=NC(=O)N[C@@]21N3c1cc(Br)ccc14. The fourth-order valence-electron chi connectivity index (χ4n) is 6.11. The van der Waals surface area contributed by atoms with Crippen molar-refractivity contribution in [2.24, 2.45) is 10.4 Å². The highest BCUT2D eigenvalue weighted by atomic mass is 79.9. The van der Waals surface area contributed by atoms with Crippen LogP contribution in [0.15, 0.2) is 39.9 Å². The van der Waals surface area contributed by atoms with Crippen molar-refractivity contribution in [3.05, 3.63) is 40.5 Å². The normalized spacial score (nSPS) is 38.6. The molecule has 5 heterocycles. The number of halogens is 2. The van der Waals surface area contributed by atoms with Crippen LogP contribution in [0.1, 0.15) is 38.2 Å². The molecule has 5 aliphatic heterocycles. The molecule has 3 amide bonds. The van der Waals surface area contributed by atoms with E-state index >= 15 is 0 Å². The van der Waals surface area contributed by atoms with Crippen LogP contribution in [0.25, 0.3) is 0 Å². The van der Waals surface area contributed by atoms with Crippen LogP contribution in [0.4, 0.5) is 10.5 Å². The highest BCUT2D eigenvalue weighted by Gasteiger charge is 2.76. The number of piperidine rings is 1. The summed E-state index contributed by atoms with van der Waals surface area (Å²) in [5, 5.41) is 2.90. The van der Waals surface area contributed by atoms with E-state index in [1.165, 1.54) is 0 Å². The molecular weight excluding hydrogens is 444 g/mol. The number of benzene rings is 1. The summed E-state index contributed by atoms with van der Waals surface area (Å²) in [4.78, 5) is 34.0. The number of nitrogens with zero attached hydrogens (tertiary/aromatic N) is 3. The summed E-state index contributed by atoms with van der Waals surface area (Å²) >= 11 is 10.6. The van der Waals surface area contributed by atoms with E-state index < -0.39 is 16.7 Å². The summed E-state index contributed by atoms with van der Waals surface area (Å²) in [7, 11) is 0. The second-order valence-electron chi connectivity index (χ2n) is 8.78. The van der Waals surface area contributed by atoms with Crippen molar-refractivity contribution in [1.29, 1.82) is 0 Å². The Morgan fingerprint density at radius 2 is 2.11 bits per heavy atom. The molecule has 2 saturated heterocycles. The van der Waals surface area contributed by atoms with E-state index in [1.54, 1.807) is 0 Å². The maximum Gasteiger partial charge on any atom is 0.343 e. The molecule has 4 atom stereocenters. The number of amides is 3. The van der Waals surface area contributed by atoms with Crippen LogP contribution < -0.4 is 10.2 Å². The molecular formula is C20H18BrClN4O2. The number of nitrogens with one attached hydrogen (secondary N) is 1. The van der Waals surface area contributed by atoms with Crippen LogP contribution in [0.3, 0.4) is 0 Å². The number of aliphatic imine (C=N–C) groups is 1. The van der Waals surface area contributed by atoms with Crippen LogP contribution in [0.2, 0.25) is 0 Å². The molecule has 28 heavy (non-hydrogen) atoms. The summed E-state index contributed by atoms with van der Waals surface area (Å²) in [5.41, 5.74) is 0.664. The minimum atomic E-state index is -0.922. The van der Waals surface area contributed by atoms with E-state index in [9.17, 15) is 9.59 Å². The second-order valence-corrected chi connectivity index (χ2v) is 10.2. The molecule has 2 bridgehead atoms. The Bertz CT molecular complexity index is 1050. The summed E-state index contributed by atoms with van der Waals surface area (Å²) in [6.07, 6.45) is 4.66. The molecule has 5 aliphatic rings. The zero-order valence-corrected chi connectivity index (χ0v) is 17.7. The van der Waals surface area contributed by atoms with Crippen molar-refractivity contribution in [2.75, 3.05) is 4.90 Å². The van der Waals surface area contributed by atoms with Gasteiger partial charge in [0.1, 0.15) is 5.66 Å². The van der Waals surface area contributed by atoms with Gasteiger partial charge in [-0.05, 0) is 23.8 Å². The predicted molar refractivity (Wildman–Crippen MR) is 109 cm³/mol. The first-order valence-corrected chi connectivity index (χ1v) is 10.6. The van der Waals surface area contributed by atoms with Gasteiger partial charge in [0.25, 0.3) is 0 Å². The predicted octanol–water partition coefficient (Wildman–Crippen LogP) is 3.71. The number of hydrogen-bond donors (Lipinski definition) is 1. The van der Waals surface area contributed by atoms with Crippen molar-refractivity contribution in [3.8, 4) is 0 Å².